The molecule has 1 aromatic carbocycles. The maximum Gasteiger partial charge on any atom is 0.182 e. The van der Waals surface area contributed by atoms with Gasteiger partial charge in [0, 0.05) is 18.5 Å². The highest BCUT2D eigenvalue weighted by atomic mass is 32.2. The second-order valence-electron chi connectivity index (χ2n) is 5.14. The third-order valence-corrected chi connectivity index (χ3v) is 7.25. The van der Waals surface area contributed by atoms with E-state index < -0.39 is 13.8 Å². The van der Waals surface area contributed by atoms with E-state index in [1.54, 1.807) is 0 Å². The molecule has 0 radical (unpaired) electrons. The van der Waals surface area contributed by atoms with Gasteiger partial charge in [-0.15, -0.1) is 0 Å². The minimum atomic E-state index is -0.898. The number of hydrogen-bond donors (Lipinski definition) is 5. The van der Waals surface area contributed by atoms with E-state index in [-0.39, 0.29) is 0 Å². The Morgan fingerprint density at radius 1 is 0.957 bits per heavy atom. The highest BCUT2D eigenvalue weighted by Crippen LogP contribution is 2.62. The van der Waals surface area contributed by atoms with Crippen molar-refractivity contribution in [3.63, 3.8) is 0 Å². The molecule has 0 bridgehead atoms. The molecule has 0 N–H and O–H groups in total. The summed E-state index contributed by atoms with van der Waals surface area (Å²) in [6, 6.07) is 3.81. The van der Waals surface area contributed by atoms with Crippen LogP contribution in [0.4, 0.5) is 0 Å². The minimum absolute atomic E-state index is 0.568. The lowest BCUT2D eigenvalue weighted by molar-refractivity contribution is 0.0740. The van der Waals surface area contributed by atoms with E-state index in [2.05, 4.69) is 63.4 Å². The van der Waals surface area contributed by atoms with Gasteiger partial charge in [0.2, 0.25) is 0 Å². The van der Waals surface area contributed by atoms with E-state index in [4.69, 9.17) is 8.92 Å². The molecular formula is C16H28O2S5. The van der Waals surface area contributed by atoms with Gasteiger partial charge in [0.05, 0.1) is 0 Å². The molecule has 0 fully saturated rings. The van der Waals surface area contributed by atoms with Crippen LogP contribution in [0.1, 0.15) is 52.7 Å². The third kappa shape index (κ3) is 4.05. The number of benzene rings is 1. The smallest absolute Gasteiger partial charge is 0.182 e. The summed E-state index contributed by atoms with van der Waals surface area (Å²) in [6.07, 6.45) is 0. The normalized spacial score (nSPS) is 19.0. The summed E-state index contributed by atoms with van der Waals surface area (Å²) in [7, 11) is 0. The fourth-order valence-electron chi connectivity index (χ4n) is 2.08. The Morgan fingerprint density at radius 3 is 1.87 bits per heavy atom. The Labute approximate surface area is 168 Å². The van der Waals surface area contributed by atoms with Crippen molar-refractivity contribution in [2.75, 3.05) is 0 Å². The summed E-state index contributed by atoms with van der Waals surface area (Å²) in [5.74, 6) is 1.15. The first kappa shape index (κ1) is 23.6. The van der Waals surface area contributed by atoms with Crippen molar-refractivity contribution in [1.29, 1.82) is 0 Å². The Kier molecular flexibility index (Phi) is 9.00. The molecule has 0 unspecified atom stereocenters. The van der Waals surface area contributed by atoms with Gasteiger partial charge in [0.1, 0.15) is 13.8 Å². The van der Waals surface area contributed by atoms with Crippen molar-refractivity contribution in [3.05, 3.63) is 23.3 Å². The minimum Gasteiger partial charge on any atom is -0.481 e. The Hall–Kier alpha value is 0.570. The molecule has 0 amide bonds. The van der Waals surface area contributed by atoms with Crippen molar-refractivity contribution >= 4 is 63.4 Å². The highest BCUT2D eigenvalue weighted by molar-refractivity contribution is 8.07. The van der Waals surface area contributed by atoms with Crippen molar-refractivity contribution in [2.45, 2.75) is 62.2 Å². The Balaban J connectivity index is 0.00000112. The van der Waals surface area contributed by atoms with Gasteiger partial charge >= 0.3 is 0 Å². The molecule has 2 nitrogen and oxygen atoms in total. The van der Waals surface area contributed by atoms with Crippen LogP contribution >= 0.6 is 63.4 Å². The van der Waals surface area contributed by atoms with Gasteiger partial charge in [-0.2, -0.15) is 50.5 Å². The summed E-state index contributed by atoms with van der Waals surface area (Å²) in [5.41, 5.74) is 0.982. The standard InChI is InChI=1S/C12H16O2S5.2C2H6/c1-6-4-5-7-9(8(6)14-19)13-10(2,3)12(17,18)11(7,15)16;2*1-2/h4-5,15-19H,1-3H3;2*1-2H3. The zero-order valence-electron chi connectivity index (χ0n) is 14.7. The average molecular weight is 413 g/mol. The van der Waals surface area contributed by atoms with Gasteiger partial charge in [-0.05, 0) is 26.3 Å². The first-order chi connectivity index (χ1) is 10.6. The lowest BCUT2D eigenvalue weighted by Crippen LogP contribution is -2.58. The average Bonchev–Trinajstić information content (AvgIpc) is 2.49. The van der Waals surface area contributed by atoms with Crippen LogP contribution in [0.3, 0.4) is 0 Å². The Bertz CT molecular complexity index is 527. The first-order valence-electron chi connectivity index (χ1n) is 7.60. The summed E-state index contributed by atoms with van der Waals surface area (Å²) < 4.78 is 9.41. The van der Waals surface area contributed by atoms with Crippen LogP contribution in [0.15, 0.2) is 12.1 Å². The van der Waals surface area contributed by atoms with Crippen molar-refractivity contribution in [3.8, 4) is 11.5 Å². The fraction of sp³-hybridized carbons (Fsp3) is 0.625. The summed E-state index contributed by atoms with van der Waals surface area (Å²) in [4.78, 5) is 0. The molecule has 0 spiro atoms. The number of thiol groups is 5. The second-order valence-corrected chi connectivity index (χ2v) is 8.71. The Morgan fingerprint density at radius 2 is 1.43 bits per heavy atom. The zero-order chi connectivity index (χ0) is 18.6. The van der Waals surface area contributed by atoms with Gasteiger partial charge in [-0.3, -0.25) is 0 Å². The van der Waals surface area contributed by atoms with Gasteiger partial charge in [0.15, 0.2) is 11.5 Å². The molecule has 7 heteroatoms. The van der Waals surface area contributed by atoms with Crippen LogP contribution in [0.25, 0.3) is 0 Å². The van der Waals surface area contributed by atoms with Crippen molar-refractivity contribution < 1.29 is 8.92 Å². The predicted molar refractivity (Wildman–Crippen MR) is 119 cm³/mol. The van der Waals surface area contributed by atoms with Gasteiger partial charge in [-0.1, -0.05) is 39.8 Å². The molecule has 1 aliphatic rings. The second kappa shape index (κ2) is 8.79. The summed E-state index contributed by atoms with van der Waals surface area (Å²) >= 11 is 22.5. The zero-order valence-corrected chi connectivity index (χ0v) is 19.2. The van der Waals surface area contributed by atoms with E-state index in [1.165, 1.54) is 0 Å². The van der Waals surface area contributed by atoms with E-state index in [1.807, 2.05) is 60.6 Å². The molecule has 0 aromatic heterocycles. The van der Waals surface area contributed by atoms with Crippen LogP contribution in [-0.4, -0.2) is 9.68 Å². The number of aryl methyl sites for hydroxylation is 1. The lowest BCUT2D eigenvalue weighted by Gasteiger charge is -2.52. The monoisotopic (exact) mass is 412 g/mol. The molecule has 0 aliphatic carbocycles. The van der Waals surface area contributed by atoms with E-state index in [0.29, 0.717) is 11.5 Å². The van der Waals surface area contributed by atoms with Crippen LogP contribution in [0.2, 0.25) is 0 Å². The molecule has 1 aromatic rings. The molecular weight excluding hydrogens is 385 g/mol. The maximum absolute atomic E-state index is 6.05. The van der Waals surface area contributed by atoms with Crippen LogP contribution in [0, 0.1) is 6.92 Å². The van der Waals surface area contributed by atoms with Gasteiger partial charge in [0.25, 0.3) is 0 Å². The molecule has 0 saturated carbocycles. The number of ether oxygens (including phenoxy) is 1. The van der Waals surface area contributed by atoms with Gasteiger partial charge < -0.3 is 8.92 Å². The molecule has 1 aliphatic heterocycles. The fourth-order valence-corrected chi connectivity index (χ4v) is 3.53. The molecule has 2 rings (SSSR count). The molecule has 0 atom stereocenters. The number of fused-ring (bicyclic) bond motifs is 1. The molecule has 1 heterocycles. The molecule has 134 valence electrons. The predicted octanol–water partition coefficient (Wildman–Crippen LogP) is 6.01. The SMILES string of the molecule is CC.CC.Cc1ccc2c(c1OS)OC(C)(C)C(S)(S)C2(S)S. The van der Waals surface area contributed by atoms with Crippen molar-refractivity contribution in [1.82, 2.24) is 0 Å². The maximum atomic E-state index is 6.05. The number of hydrogen-bond acceptors (Lipinski definition) is 7. The van der Waals surface area contributed by atoms with Crippen LogP contribution < -0.4 is 8.92 Å². The van der Waals surface area contributed by atoms with Crippen LogP contribution in [0.5, 0.6) is 11.5 Å². The van der Waals surface area contributed by atoms with Gasteiger partial charge in [-0.25, -0.2) is 0 Å². The third-order valence-electron chi connectivity index (χ3n) is 3.46. The topological polar surface area (TPSA) is 18.5 Å². The number of rotatable bonds is 1. The summed E-state index contributed by atoms with van der Waals surface area (Å²) in [5, 5.41) is 0. The molecule has 23 heavy (non-hydrogen) atoms. The molecule has 0 saturated heterocycles. The van der Waals surface area contributed by atoms with E-state index in [0.717, 1.165) is 11.1 Å². The van der Waals surface area contributed by atoms with E-state index >= 15 is 0 Å². The summed E-state index contributed by atoms with van der Waals surface area (Å²) in [6.45, 7) is 13.7. The first-order valence-corrected chi connectivity index (χ1v) is 9.75. The quantitative estimate of drug-likeness (QED) is 0.221. The lowest BCUT2D eigenvalue weighted by atomic mass is 9.90. The van der Waals surface area contributed by atoms with E-state index in [9.17, 15) is 0 Å². The van der Waals surface area contributed by atoms with Crippen LogP contribution in [-0.2, 0) is 4.08 Å². The largest absolute Gasteiger partial charge is 0.481 e. The highest BCUT2D eigenvalue weighted by Gasteiger charge is 2.59. The van der Waals surface area contributed by atoms with Crippen molar-refractivity contribution in [2.24, 2.45) is 0 Å².